The molecule has 0 unspecified atom stereocenters. The van der Waals surface area contributed by atoms with E-state index in [0.717, 1.165) is 34.5 Å². The Bertz CT molecular complexity index is 372. The summed E-state index contributed by atoms with van der Waals surface area (Å²) < 4.78 is 34.3. The maximum atomic E-state index is 11.7. The maximum absolute atomic E-state index is 11.7. The third-order valence-electron chi connectivity index (χ3n) is 1.70. The fraction of sp³-hybridized carbons (Fsp3) is 0.556. The summed E-state index contributed by atoms with van der Waals surface area (Å²) in [6.45, 7) is 0. The summed E-state index contributed by atoms with van der Waals surface area (Å²) in [6.07, 6.45) is 0.434. The van der Waals surface area contributed by atoms with Crippen LogP contribution in [-0.4, -0.2) is 40.4 Å². The van der Waals surface area contributed by atoms with E-state index in [2.05, 4.69) is 18.5 Å². The highest BCUT2D eigenvalue weighted by Crippen LogP contribution is 2.50. The summed E-state index contributed by atoms with van der Waals surface area (Å²) in [6, 6.07) is 0. The smallest absolute Gasteiger partial charge is 0.469 e. The van der Waals surface area contributed by atoms with E-state index in [1.165, 1.54) is 0 Å². The van der Waals surface area contributed by atoms with Crippen molar-refractivity contribution in [2.75, 3.05) is 28.4 Å². The van der Waals surface area contributed by atoms with Gasteiger partial charge in [0.2, 0.25) is 0 Å². The van der Waals surface area contributed by atoms with Crippen molar-refractivity contribution < 1.29 is 37.2 Å². The number of hydrogen-bond donors (Lipinski definition) is 0. The number of phosphoric acid groups is 1. The third-order valence-corrected chi connectivity index (χ3v) is 3.06. The van der Waals surface area contributed by atoms with E-state index in [1.54, 1.807) is 0 Å². The zero-order valence-corrected chi connectivity index (χ0v) is 12.6. The number of hydrogen-bond acceptors (Lipinski definition) is 8. The molecule has 0 bridgehead atoms. The van der Waals surface area contributed by atoms with Gasteiger partial charge in [-0.1, -0.05) is 0 Å². The molecule has 0 atom stereocenters. The van der Waals surface area contributed by atoms with Crippen LogP contribution in [0.5, 0.6) is 0 Å². The van der Waals surface area contributed by atoms with Crippen molar-refractivity contribution in [2.45, 2.75) is 6.42 Å². The van der Waals surface area contributed by atoms with Gasteiger partial charge in [0.1, 0.15) is 12.2 Å². The molecule has 0 aliphatic carbocycles. The predicted octanol–water partition coefficient (Wildman–Crippen LogP) is 1.45. The van der Waals surface area contributed by atoms with Gasteiger partial charge in [-0.3, -0.25) is 13.8 Å². The first-order valence-corrected chi connectivity index (χ1v) is 6.13. The molecule has 0 saturated carbocycles. The summed E-state index contributed by atoms with van der Waals surface area (Å²) >= 11 is 0. The van der Waals surface area contributed by atoms with E-state index < -0.39 is 26.2 Å². The number of phosphoric ester groups is 1. The lowest BCUT2D eigenvalue weighted by atomic mass is 10.3. The van der Waals surface area contributed by atoms with E-state index in [0.29, 0.717) is 0 Å². The van der Waals surface area contributed by atoms with Gasteiger partial charge in [-0.05, 0) is 0 Å². The monoisotopic (exact) mass is 318 g/mol. The van der Waals surface area contributed by atoms with Crippen LogP contribution in [0.25, 0.3) is 0 Å². The van der Waals surface area contributed by atoms with E-state index >= 15 is 0 Å². The Morgan fingerprint density at radius 3 is 1.95 bits per heavy atom. The van der Waals surface area contributed by atoms with Crippen molar-refractivity contribution in [1.82, 2.24) is 0 Å². The molecule has 0 heterocycles. The van der Waals surface area contributed by atoms with Gasteiger partial charge in [-0.25, -0.2) is 9.36 Å². The van der Waals surface area contributed by atoms with Crippen molar-refractivity contribution in [1.29, 1.82) is 0 Å². The first-order chi connectivity index (χ1) is 8.40. The minimum absolute atomic E-state index is 0. The van der Waals surface area contributed by atoms with Gasteiger partial charge < -0.3 is 14.0 Å². The minimum Gasteiger partial charge on any atom is -0.469 e. The second-order valence-corrected chi connectivity index (χ2v) is 4.60. The van der Waals surface area contributed by atoms with Crippen molar-refractivity contribution in [3.63, 3.8) is 0 Å². The first-order valence-electron chi connectivity index (χ1n) is 4.67. The van der Waals surface area contributed by atoms with Crippen molar-refractivity contribution in [2.24, 2.45) is 0 Å². The van der Waals surface area contributed by atoms with Gasteiger partial charge in [0.25, 0.3) is 0 Å². The topological polar surface area (TPSA) is 97.4 Å². The second kappa shape index (κ2) is 9.80. The van der Waals surface area contributed by atoms with Gasteiger partial charge in [0.15, 0.2) is 0 Å². The normalized spacial score (nSPS) is 11.3. The molecule has 0 rings (SSSR count). The van der Waals surface area contributed by atoms with Crippen LogP contribution in [0.3, 0.4) is 0 Å². The Labute approximate surface area is 117 Å². The summed E-state index contributed by atoms with van der Waals surface area (Å²) in [5.74, 6) is -1.72. The molecule has 0 N–H and O–H groups in total. The first kappa shape index (κ1) is 20.2. The van der Waals surface area contributed by atoms with Crippen molar-refractivity contribution >= 4 is 32.2 Å². The summed E-state index contributed by atoms with van der Waals surface area (Å²) in [7, 11) is 0.633. The molecule has 8 nitrogen and oxygen atoms in total. The fourth-order valence-electron chi connectivity index (χ4n) is 0.807. The van der Waals surface area contributed by atoms with Crippen molar-refractivity contribution in [3.8, 4) is 0 Å². The molecule has 112 valence electrons. The lowest BCUT2D eigenvalue weighted by Gasteiger charge is -2.15. The van der Waals surface area contributed by atoms with Gasteiger partial charge in [-0.2, -0.15) is 0 Å². The molecule has 19 heavy (non-hydrogen) atoms. The summed E-state index contributed by atoms with van der Waals surface area (Å²) in [4.78, 5) is 22.1. The lowest BCUT2D eigenvalue weighted by Crippen LogP contribution is -2.07. The van der Waals surface area contributed by atoms with Crippen LogP contribution < -0.4 is 0 Å². The average Bonchev–Trinajstić information content (AvgIpc) is 2.37. The highest BCUT2D eigenvalue weighted by Gasteiger charge is 2.27. The van der Waals surface area contributed by atoms with Crippen molar-refractivity contribution in [3.05, 3.63) is 11.8 Å². The van der Waals surface area contributed by atoms with Gasteiger partial charge in [0, 0.05) is 14.2 Å². The van der Waals surface area contributed by atoms with Crippen LogP contribution in [0, 0.1) is 0 Å². The van der Waals surface area contributed by atoms with Gasteiger partial charge in [0.05, 0.1) is 20.3 Å². The molecule has 0 radical (unpaired) electrons. The molecule has 0 aromatic heterocycles. The molecule has 0 aromatic rings. The number of halogens is 1. The van der Waals surface area contributed by atoms with Crippen LogP contribution in [-0.2, 0) is 37.2 Å². The Hall–Kier alpha value is -1.08. The van der Waals surface area contributed by atoms with E-state index in [4.69, 9.17) is 4.52 Å². The maximum Gasteiger partial charge on any atom is 0.529 e. The third kappa shape index (κ3) is 7.84. The Balaban J connectivity index is 0. The molecule has 0 fully saturated rings. The van der Waals surface area contributed by atoms with Crippen LogP contribution >= 0.6 is 20.2 Å². The molecule has 0 aromatic carbocycles. The van der Waals surface area contributed by atoms with Gasteiger partial charge >= 0.3 is 19.8 Å². The highest BCUT2D eigenvalue weighted by molar-refractivity contribution is 7.48. The second-order valence-electron chi connectivity index (χ2n) is 2.79. The SMILES string of the molecule is COC(=O)/C=C(/CC(=O)OC)OP(=O)(OC)OC.Cl. The highest BCUT2D eigenvalue weighted by atomic mass is 35.5. The van der Waals surface area contributed by atoms with E-state index in [9.17, 15) is 14.2 Å². The molecule has 0 amide bonds. The molecule has 10 heteroatoms. The zero-order chi connectivity index (χ0) is 14.2. The quantitative estimate of drug-likeness (QED) is 0.301. The molecule has 0 aliphatic heterocycles. The van der Waals surface area contributed by atoms with E-state index in [-0.39, 0.29) is 18.2 Å². The average molecular weight is 319 g/mol. The predicted molar refractivity (Wildman–Crippen MR) is 66.7 cm³/mol. The zero-order valence-electron chi connectivity index (χ0n) is 10.9. The largest absolute Gasteiger partial charge is 0.529 e. The number of carbonyl (C=O) groups is 2. The molecule has 0 spiro atoms. The van der Waals surface area contributed by atoms with Crippen LogP contribution in [0.4, 0.5) is 0 Å². The number of carbonyl (C=O) groups excluding carboxylic acids is 2. The van der Waals surface area contributed by atoms with Crippen LogP contribution in [0.1, 0.15) is 6.42 Å². The fourth-order valence-corrected chi connectivity index (χ4v) is 1.51. The molecule has 0 saturated heterocycles. The molecular weight excluding hydrogens is 303 g/mol. The summed E-state index contributed by atoms with van der Waals surface area (Å²) in [5.41, 5.74) is 0. The standard InChI is InChI=1S/C9H15O8P.ClH/c1-13-8(10)5-7(6-9(11)14-2)17-18(12,15-3)16-4;/h5H,6H2,1-4H3;1H/b7-5-;. The van der Waals surface area contributed by atoms with Crippen LogP contribution in [0.2, 0.25) is 0 Å². The number of rotatable bonds is 7. The number of methoxy groups -OCH3 is 2. The minimum atomic E-state index is -3.85. The Morgan fingerprint density at radius 2 is 1.58 bits per heavy atom. The van der Waals surface area contributed by atoms with Gasteiger partial charge in [-0.15, -0.1) is 12.4 Å². The summed E-state index contributed by atoms with van der Waals surface area (Å²) in [5, 5.41) is 0. The number of ether oxygens (including phenoxy) is 2. The number of esters is 2. The Kier molecular flexibility index (Phi) is 10.4. The van der Waals surface area contributed by atoms with E-state index in [1.807, 2.05) is 0 Å². The molecule has 0 aliphatic rings. The lowest BCUT2D eigenvalue weighted by molar-refractivity contribution is -0.140. The molecular formula is C9H16ClO8P. The Morgan fingerprint density at radius 1 is 1.05 bits per heavy atom. The van der Waals surface area contributed by atoms with Crippen LogP contribution in [0.15, 0.2) is 11.8 Å².